The molecule has 2 N–H and O–H groups in total. The number of hydrogen-bond donors (Lipinski definition) is 2. The lowest BCUT2D eigenvalue weighted by atomic mass is 10.1. The molecule has 26 heavy (non-hydrogen) atoms. The Labute approximate surface area is 150 Å². The van der Waals surface area contributed by atoms with E-state index in [1.807, 2.05) is 0 Å². The van der Waals surface area contributed by atoms with E-state index in [9.17, 15) is 23.3 Å². The predicted octanol–water partition coefficient (Wildman–Crippen LogP) is 1.44. The third kappa shape index (κ3) is 4.35. The highest BCUT2D eigenvalue weighted by Crippen LogP contribution is 2.27. The second kappa shape index (κ2) is 7.93. The monoisotopic (exact) mass is 379 g/mol. The fourth-order valence-corrected chi connectivity index (χ4v) is 2.89. The largest absolute Gasteiger partial charge is 0.490 e. The maximum Gasteiger partial charge on any atom is 0.311 e. The van der Waals surface area contributed by atoms with E-state index in [0.717, 1.165) is 6.07 Å². The van der Waals surface area contributed by atoms with E-state index in [1.54, 1.807) is 12.1 Å². The second-order valence-corrected chi connectivity index (χ2v) is 7.06. The smallest absolute Gasteiger partial charge is 0.311 e. The molecule has 0 aliphatic carbocycles. The van der Waals surface area contributed by atoms with Crippen molar-refractivity contribution in [1.29, 1.82) is 0 Å². The van der Waals surface area contributed by atoms with Crippen LogP contribution in [-0.4, -0.2) is 33.4 Å². The van der Waals surface area contributed by atoms with Crippen LogP contribution in [0.15, 0.2) is 47.4 Å². The summed E-state index contributed by atoms with van der Waals surface area (Å²) in [6.45, 7) is 0.137. The number of nitrogens with zero attached hydrogens (tertiary/aromatic N) is 1. The molecule has 10 heteroatoms. The first-order valence-corrected chi connectivity index (χ1v) is 8.90. The van der Waals surface area contributed by atoms with Gasteiger partial charge < -0.3 is 10.1 Å². The molecule has 0 saturated carbocycles. The van der Waals surface area contributed by atoms with E-state index >= 15 is 0 Å². The molecule has 0 saturated heterocycles. The van der Waals surface area contributed by atoms with Gasteiger partial charge in [0.2, 0.25) is 10.0 Å². The number of rotatable bonds is 7. The van der Waals surface area contributed by atoms with Gasteiger partial charge in [-0.2, -0.15) is 0 Å². The molecule has 1 amide bonds. The number of sulfonamides is 1. The van der Waals surface area contributed by atoms with Crippen LogP contribution in [0.2, 0.25) is 0 Å². The molecule has 138 valence electrons. The quantitative estimate of drug-likeness (QED) is 0.553. The van der Waals surface area contributed by atoms with E-state index in [2.05, 4.69) is 10.0 Å². The van der Waals surface area contributed by atoms with E-state index in [1.165, 1.54) is 38.4 Å². The van der Waals surface area contributed by atoms with Gasteiger partial charge in [-0.1, -0.05) is 12.1 Å². The Hall–Kier alpha value is -2.98. The lowest BCUT2D eigenvalue weighted by Crippen LogP contribution is -2.23. The molecule has 0 aromatic heterocycles. The highest BCUT2D eigenvalue weighted by atomic mass is 32.2. The van der Waals surface area contributed by atoms with E-state index < -0.39 is 20.9 Å². The van der Waals surface area contributed by atoms with Gasteiger partial charge in [0.15, 0.2) is 5.75 Å². The van der Waals surface area contributed by atoms with Crippen LogP contribution in [0.5, 0.6) is 5.75 Å². The Morgan fingerprint density at radius 1 is 1.19 bits per heavy atom. The molecule has 2 aromatic carbocycles. The van der Waals surface area contributed by atoms with Crippen molar-refractivity contribution in [2.45, 2.75) is 11.4 Å². The molecule has 0 spiro atoms. The molecule has 0 unspecified atom stereocenters. The number of carbonyl (C=O) groups excluding carboxylic acids is 1. The van der Waals surface area contributed by atoms with Gasteiger partial charge >= 0.3 is 5.69 Å². The second-order valence-electron chi connectivity index (χ2n) is 5.18. The Bertz CT molecular complexity index is 926. The summed E-state index contributed by atoms with van der Waals surface area (Å²) in [4.78, 5) is 22.7. The van der Waals surface area contributed by atoms with Crippen molar-refractivity contribution in [2.75, 3.05) is 14.2 Å². The standard InChI is InChI=1S/C16H17N3O6S/c1-17-26(23,24)13-6-3-11(4-7-13)10-18-16(20)12-5-8-15(25-2)14(9-12)19(21)22/h3-9,17H,10H2,1-2H3,(H,18,20). The Balaban J connectivity index is 2.09. The molecule has 2 rings (SSSR count). The minimum atomic E-state index is -3.52. The molecule has 0 radical (unpaired) electrons. The Morgan fingerprint density at radius 2 is 1.85 bits per heavy atom. The lowest BCUT2D eigenvalue weighted by Gasteiger charge is -2.08. The van der Waals surface area contributed by atoms with Gasteiger partial charge in [0.1, 0.15) is 0 Å². The van der Waals surface area contributed by atoms with Crippen LogP contribution < -0.4 is 14.8 Å². The molecular weight excluding hydrogens is 362 g/mol. The summed E-state index contributed by atoms with van der Waals surface area (Å²) >= 11 is 0. The zero-order valence-corrected chi connectivity index (χ0v) is 14.9. The van der Waals surface area contributed by atoms with Crippen LogP contribution >= 0.6 is 0 Å². The van der Waals surface area contributed by atoms with Crippen LogP contribution in [0, 0.1) is 10.1 Å². The van der Waals surface area contributed by atoms with Crippen LogP contribution in [0.25, 0.3) is 0 Å². The normalized spacial score (nSPS) is 11.0. The van der Waals surface area contributed by atoms with Crippen molar-refractivity contribution in [3.63, 3.8) is 0 Å². The summed E-state index contributed by atoms with van der Waals surface area (Å²) in [6, 6.07) is 9.89. The summed E-state index contributed by atoms with van der Waals surface area (Å²) in [5.74, 6) is -0.435. The number of carbonyl (C=O) groups is 1. The number of ether oxygens (including phenoxy) is 1. The number of nitro groups is 1. The third-order valence-corrected chi connectivity index (χ3v) is 5.02. The third-order valence-electron chi connectivity index (χ3n) is 3.59. The highest BCUT2D eigenvalue weighted by molar-refractivity contribution is 7.89. The maximum atomic E-state index is 12.2. The van der Waals surface area contributed by atoms with Crippen LogP contribution in [-0.2, 0) is 16.6 Å². The van der Waals surface area contributed by atoms with Crippen molar-refractivity contribution >= 4 is 21.6 Å². The van der Waals surface area contributed by atoms with Gasteiger partial charge in [-0.15, -0.1) is 0 Å². The molecule has 0 atom stereocenters. The lowest BCUT2D eigenvalue weighted by molar-refractivity contribution is -0.385. The molecule has 0 fully saturated rings. The number of methoxy groups -OCH3 is 1. The molecule has 0 heterocycles. The molecule has 2 aromatic rings. The van der Waals surface area contributed by atoms with E-state index in [-0.39, 0.29) is 28.4 Å². The molecule has 0 aliphatic rings. The first-order valence-electron chi connectivity index (χ1n) is 7.41. The summed E-state index contributed by atoms with van der Waals surface area (Å²) in [7, 11) is -0.899. The van der Waals surface area contributed by atoms with Crippen LogP contribution in [0.3, 0.4) is 0 Å². The summed E-state index contributed by atoms with van der Waals surface area (Å²) < 4.78 is 30.4. The Morgan fingerprint density at radius 3 is 2.38 bits per heavy atom. The maximum absolute atomic E-state index is 12.2. The van der Waals surface area contributed by atoms with Crippen molar-refractivity contribution in [1.82, 2.24) is 10.0 Å². The number of nitro benzene ring substituents is 1. The number of nitrogens with one attached hydrogen (secondary N) is 2. The molecular formula is C16H17N3O6S. The molecule has 0 aliphatic heterocycles. The summed E-state index contributed by atoms with van der Waals surface area (Å²) in [5.41, 5.74) is 0.491. The van der Waals surface area contributed by atoms with E-state index in [4.69, 9.17) is 4.74 Å². The average Bonchev–Trinajstić information content (AvgIpc) is 2.65. The van der Waals surface area contributed by atoms with Crippen molar-refractivity contribution in [2.24, 2.45) is 0 Å². The zero-order chi connectivity index (χ0) is 19.3. The van der Waals surface area contributed by atoms with Crippen molar-refractivity contribution in [3.8, 4) is 5.75 Å². The fourth-order valence-electron chi connectivity index (χ4n) is 2.16. The fraction of sp³-hybridized carbons (Fsp3) is 0.188. The minimum Gasteiger partial charge on any atom is -0.490 e. The number of hydrogen-bond acceptors (Lipinski definition) is 6. The van der Waals surface area contributed by atoms with E-state index in [0.29, 0.717) is 5.56 Å². The van der Waals surface area contributed by atoms with Crippen molar-refractivity contribution in [3.05, 3.63) is 63.7 Å². The zero-order valence-electron chi connectivity index (χ0n) is 14.1. The van der Waals surface area contributed by atoms with Gasteiger partial charge in [0.05, 0.1) is 16.9 Å². The van der Waals surface area contributed by atoms with Crippen LogP contribution in [0.4, 0.5) is 5.69 Å². The molecule has 9 nitrogen and oxygen atoms in total. The first kappa shape index (κ1) is 19.3. The van der Waals surface area contributed by atoms with Gasteiger partial charge in [0.25, 0.3) is 5.91 Å². The predicted molar refractivity (Wildman–Crippen MR) is 93.5 cm³/mol. The minimum absolute atomic E-state index is 0.0629. The first-order chi connectivity index (χ1) is 12.3. The van der Waals surface area contributed by atoms with Gasteiger partial charge in [-0.25, -0.2) is 13.1 Å². The SMILES string of the molecule is CNS(=O)(=O)c1ccc(CNC(=O)c2ccc(OC)c([N+](=O)[O-])c2)cc1. The van der Waals surface area contributed by atoms with Gasteiger partial charge in [-0.05, 0) is 36.9 Å². The van der Waals surface area contributed by atoms with Gasteiger partial charge in [-0.3, -0.25) is 14.9 Å². The van der Waals surface area contributed by atoms with Crippen LogP contribution in [0.1, 0.15) is 15.9 Å². The Kier molecular flexibility index (Phi) is 5.90. The molecule has 0 bridgehead atoms. The number of benzene rings is 2. The van der Waals surface area contributed by atoms with Crippen molar-refractivity contribution < 1.29 is 22.9 Å². The average molecular weight is 379 g/mol. The highest BCUT2D eigenvalue weighted by Gasteiger charge is 2.18. The summed E-state index contributed by atoms with van der Waals surface area (Å²) in [5, 5.41) is 13.6. The number of amides is 1. The van der Waals surface area contributed by atoms with Gasteiger partial charge in [0, 0.05) is 18.2 Å². The summed E-state index contributed by atoms with van der Waals surface area (Å²) in [6.07, 6.45) is 0. The topological polar surface area (TPSA) is 128 Å².